The van der Waals surface area contributed by atoms with Crippen molar-refractivity contribution in [3.63, 3.8) is 0 Å². The molecule has 90 valence electrons. The summed E-state index contributed by atoms with van der Waals surface area (Å²) in [7, 11) is 0. The molecule has 1 saturated heterocycles. The van der Waals surface area contributed by atoms with Crippen molar-refractivity contribution in [2.45, 2.75) is 24.8 Å². The molecule has 0 bridgehead atoms. The smallest absolute Gasteiger partial charge is 0.249 e. The average Bonchev–Trinajstić information content (AvgIpc) is 2.33. The number of nitrogens with one attached hydrogen (secondary N) is 2. The Labute approximate surface area is 104 Å². The van der Waals surface area contributed by atoms with Crippen LogP contribution < -0.4 is 10.6 Å². The molecule has 2 rings (SSSR count). The van der Waals surface area contributed by atoms with Crippen LogP contribution in [0.5, 0.6) is 0 Å². The van der Waals surface area contributed by atoms with Gasteiger partial charge in [-0.1, -0.05) is 12.1 Å². The second-order valence-corrected chi connectivity index (χ2v) is 4.25. The van der Waals surface area contributed by atoms with Gasteiger partial charge in [0.15, 0.2) is 0 Å². The maximum absolute atomic E-state index is 11.5. The number of piperidine rings is 1. The first kappa shape index (κ1) is 11.9. The number of alkyl halides is 1. The van der Waals surface area contributed by atoms with Crippen molar-refractivity contribution in [3.05, 3.63) is 29.8 Å². The van der Waals surface area contributed by atoms with Crippen LogP contribution in [0.3, 0.4) is 0 Å². The maximum atomic E-state index is 11.5. The lowest BCUT2D eigenvalue weighted by Crippen LogP contribution is -2.47. The number of amides is 2. The Morgan fingerprint density at radius 2 is 2.24 bits per heavy atom. The molecule has 1 heterocycles. The summed E-state index contributed by atoms with van der Waals surface area (Å²) in [6.45, 7) is 0. The van der Waals surface area contributed by atoms with Crippen LogP contribution in [0, 0.1) is 0 Å². The molecule has 0 aromatic heterocycles. The maximum Gasteiger partial charge on any atom is 0.249 e. The zero-order valence-electron chi connectivity index (χ0n) is 9.20. The highest BCUT2D eigenvalue weighted by atomic mass is 35.5. The highest BCUT2D eigenvalue weighted by Crippen LogP contribution is 2.16. The molecule has 4 nitrogen and oxygen atoms in total. The molecule has 1 atom stereocenters. The van der Waals surface area contributed by atoms with Gasteiger partial charge in [-0.25, -0.2) is 0 Å². The highest BCUT2D eigenvalue weighted by Gasteiger charge is 2.26. The molecule has 0 radical (unpaired) electrons. The molecule has 1 unspecified atom stereocenters. The summed E-state index contributed by atoms with van der Waals surface area (Å²) in [6, 6.07) is 7.23. The number of hydrogen-bond acceptors (Lipinski definition) is 3. The van der Waals surface area contributed by atoms with Gasteiger partial charge in [-0.05, 0) is 24.1 Å². The van der Waals surface area contributed by atoms with E-state index in [1.165, 1.54) is 0 Å². The number of anilines is 1. The average molecular weight is 253 g/mol. The van der Waals surface area contributed by atoms with Gasteiger partial charge in [-0.3, -0.25) is 14.9 Å². The largest absolute Gasteiger partial charge is 0.374 e. The number of rotatable bonds is 3. The molecule has 17 heavy (non-hydrogen) atoms. The monoisotopic (exact) mass is 252 g/mol. The van der Waals surface area contributed by atoms with Crippen molar-refractivity contribution in [3.8, 4) is 0 Å². The Balaban J connectivity index is 2.05. The Hall–Kier alpha value is -1.55. The molecule has 1 fully saturated rings. The third kappa shape index (κ3) is 2.97. The van der Waals surface area contributed by atoms with Crippen molar-refractivity contribution < 1.29 is 9.59 Å². The molecule has 1 aromatic carbocycles. The van der Waals surface area contributed by atoms with Gasteiger partial charge in [0, 0.05) is 18.0 Å². The standard InChI is InChI=1S/C12H13ClN2O2/c13-7-8-2-1-3-9(6-8)14-10-4-5-11(16)15-12(10)17/h1-3,6,10,14H,4-5,7H2,(H,15,16,17). The number of carbonyl (C=O) groups is 2. The Morgan fingerprint density at radius 3 is 2.94 bits per heavy atom. The summed E-state index contributed by atoms with van der Waals surface area (Å²) in [5.41, 5.74) is 1.83. The van der Waals surface area contributed by atoms with Crippen LogP contribution in [-0.4, -0.2) is 17.9 Å². The number of halogens is 1. The molecule has 1 aliphatic rings. The molecule has 2 N–H and O–H groups in total. The molecule has 0 aliphatic carbocycles. The number of carbonyl (C=O) groups excluding carboxylic acids is 2. The van der Waals surface area contributed by atoms with Crippen LogP contribution in [0.15, 0.2) is 24.3 Å². The first-order chi connectivity index (χ1) is 8.19. The summed E-state index contributed by atoms with van der Waals surface area (Å²) >= 11 is 5.74. The van der Waals surface area contributed by atoms with Crippen molar-refractivity contribution in [2.75, 3.05) is 5.32 Å². The molecule has 0 saturated carbocycles. The predicted molar refractivity (Wildman–Crippen MR) is 65.8 cm³/mol. The topological polar surface area (TPSA) is 58.2 Å². The van der Waals surface area contributed by atoms with E-state index in [0.29, 0.717) is 18.7 Å². The van der Waals surface area contributed by atoms with Crippen molar-refractivity contribution in [2.24, 2.45) is 0 Å². The van der Waals surface area contributed by atoms with E-state index >= 15 is 0 Å². The van der Waals surface area contributed by atoms with Crippen molar-refractivity contribution in [1.29, 1.82) is 0 Å². The Bertz CT molecular complexity index is 448. The van der Waals surface area contributed by atoms with Gasteiger partial charge >= 0.3 is 0 Å². The minimum atomic E-state index is -0.349. The minimum absolute atomic E-state index is 0.206. The van der Waals surface area contributed by atoms with E-state index in [1.54, 1.807) is 0 Å². The van der Waals surface area contributed by atoms with E-state index in [4.69, 9.17) is 11.6 Å². The lowest BCUT2D eigenvalue weighted by atomic mass is 10.1. The summed E-state index contributed by atoms with van der Waals surface area (Å²) in [5, 5.41) is 5.41. The molecule has 1 aromatic rings. The van der Waals surface area contributed by atoms with Gasteiger partial charge in [0.1, 0.15) is 6.04 Å². The van der Waals surface area contributed by atoms with Crippen molar-refractivity contribution in [1.82, 2.24) is 5.32 Å². The highest BCUT2D eigenvalue weighted by molar-refractivity contribution is 6.17. The van der Waals surface area contributed by atoms with Crippen LogP contribution in [0.2, 0.25) is 0 Å². The SMILES string of the molecule is O=C1CCC(Nc2cccc(CCl)c2)C(=O)N1. The van der Waals surface area contributed by atoms with E-state index in [9.17, 15) is 9.59 Å². The predicted octanol–water partition coefficient (Wildman–Crippen LogP) is 1.64. The van der Waals surface area contributed by atoms with E-state index in [2.05, 4.69) is 10.6 Å². The van der Waals surface area contributed by atoms with E-state index in [-0.39, 0.29) is 17.9 Å². The number of benzene rings is 1. The quantitative estimate of drug-likeness (QED) is 0.635. The third-order valence-electron chi connectivity index (χ3n) is 2.66. The molecule has 2 amide bonds. The van der Waals surface area contributed by atoms with Gasteiger partial charge in [-0.2, -0.15) is 0 Å². The van der Waals surface area contributed by atoms with Gasteiger partial charge < -0.3 is 5.32 Å². The van der Waals surface area contributed by atoms with Crippen molar-refractivity contribution >= 4 is 29.1 Å². The molecule has 5 heteroatoms. The van der Waals surface area contributed by atoms with E-state index < -0.39 is 0 Å². The van der Waals surface area contributed by atoms with Crippen LogP contribution in [0.25, 0.3) is 0 Å². The summed E-state index contributed by atoms with van der Waals surface area (Å²) in [6.07, 6.45) is 0.897. The lowest BCUT2D eigenvalue weighted by Gasteiger charge is -2.22. The Morgan fingerprint density at radius 1 is 1.41 bits per heavy atom. The third-order valence-corrected chi connectivity index (χ3v) is 2.97. The fraction of sp³-hybridized carbons (Fsp3) is 0.333. The number of hydrogen-bond donors (Lipinski definition) is 2. The normalized spacial score (nSPS) is 19.9. The van der Waals surface area contributed by atoms with Gasteiger partial charge in [0.2, 0.25) is 11.8 Å². The lowest BCUT2D eigenvalue weighted by molar-refractivity contribution is -0.133. The molecular weight excluding hydrogens is 240 g/mol. The number of imide groups is 1. The summed E-state index contributed by atoms with van der Waals surface area (Å²) in [5.74, 6) is -0.0368. The zero-order chi connectivity index (χ0) is 12.3. The fourth-order valence-electron chi connectivity index (χ4n) is 1.78. The van der Waals surface area contributed by atoms with Crippen LogP contribution in [0.1, 0.15) is 18.4 Å². The van der Waals surface area contributed by atoms with Gasteiger partial charge in [0.05, 0.1) is 0 Å². The molecular formula is C12H13ClN2O2. The fourth-order valence-corrected chi connectivity index (χ4v) is 1.94. The van der Waals surface area contributed by atoms with Gasteiger partial charge in [0.25, 0.3) is 0 Å². The van der Waals surface area contributed by atoms with Crippen LogP contribution in [0.4, 0.5) is 5.69 Å². The second-order valence-electron chi connectivity index (χ2n) is 3.98. The molecule has 1 aliphatic heterocycles. The summed E-state index contributed by atoms with van der Waals surface area (Å²) in [4.78, 5) is 22.5. The second kappa shape index (κ2) is 5.19. The zero-order valence-corrected chi connectivity index (χ0v) is 9.96. The van der Waals surface area contributed by atoms with E-state index in [1.807, 2.05) is 24.3 Å². The minimum Gasteiger partial charge on any atom is -0.374 e. The summed E-state index contributed by atoms with van der Waals surface area (Å²) < 4.78 is 0. The first-order valence-electron chi connectivity index (χ1n) is 5.44. The van der Waals surface area contributed by atoms with Crippen LogP contribution >= 0.6 is 11.6 Å². The molecule has 0 spiro atoms. The van der Waals surface area contributed by atoms with E-state index in [0.717, 1.165) is 11.3 Å². The Kier molecular flexibility index (Phi) is 3.64. The van der Waals surface area contributed by atoms with Gasteiger partial charge in [-0.15, -0.1) is 11.6 Å². The van der Waals surface area contributed by atoms with Crippen LogP contribution in [-0.2, 0) is 15.5 Å². The first-order valence-corrected chi connectivity index (χ1v) is 5.97.